The predicted molar refractivity (Wildman–Crippen MR) is 82.9 cm³/mol. The molecule has 1 N–H and O–H groups in total. The quantitative estimate of drug-likeness (QED) is 0.861. The van der Waals surface area contributed by atoms with Crippen LogP contribution < -0.4 is 0 Å². The van der Waals surface area contributed by atoms with Crippen LogP contribution in [0.1, 0.15) is 24.5 Å². The Hall–Kier alpha value is -2.13. The van der Waals surface area contributed by atoms with Crippen molar-refractivity contribution >= 4 is 22.3 Å². The van der Waals surface area contributed by atoms with E-state index in [2.05, 4.69) is 12.1 Å². The Bertz CT molecular complexity index is 741. The van der Waals surface area contributed by atoms with Crippen molar-refractivity contribution in [3.05, 3.63) is 53.6 Å². The zero-order valence-electron chi connectivity index (χ0n) is 12.2. The predicted octanol–water partition coefficient (Wildman–Crippen LogP) is 3.09. The van der Waals surface area contributed by atoms with E-state index in [4.69, 9.17) is 4.74 Å². The Kier molecular flexibility index (Phi) is 3.30. The number of aliphatic hydroxyl groups is 1. The second-order valence-electron chi connectivity index (χ2n) is 5.53. The highest BCUT2D eigenvalue weighted by Gasteiger charge is 2.38. The van der Waals surface area contributed by atoms with Gasteiger partial charge in [-0.05, 0) is 47.2 Å². The fraction of sp³-hybridized carbons (Fsp3) is 0.278. The molecule has 3 rings (SSSR count). The molecule has 1 aliphatic rings. The summed E-state index contributed by atoms with van der Waals surface area (Å²) in [6.45, 7) is 1.49. The number of methoxy groups -OCH3 is 1. The number of allylic oxidation sites excluding steroid dienone is 1. The number of benzene rings is 2. The van der Waals surface area contributed by atoms with E-state index in [1.165, 1.54) is 30.4 Å². The molecule has 0 spiro atoms. The third kappa shape index (κ3) is 2.14. The number of ether oxygens (including phenoxy) is 1. The van der Waals surface area contributed by atoms with E-state index >= 15 is 0 Å². The number of esters is 1. The molecular formula is C18H18O3. The summed E-state index contributed by atoms with van der Waals surface area (Å²) in [4.78, 5) is 11.9. The number of aryl methyl sites for hydroxylation is 1. The average Bonchev–Trinajstić information content (AvgIpc) is 2.53. The molecule has 0 saturated heterocycles. The summed E-state index contributed by atoms with van der Waals surface area (Å²) >= 11 is 0. The third-order valence-corrected chi connectivity index (χ3v) is 4.18. The monoisotopic (exact) mass is 282 g/mol. The molecule has 0 amide bonds. The van der Waals surface area contributed by atoms with Gasteiger partial charge >= 0.3 is 5.97 Å². The molecule has 0 aliphatic heterocycles. The van der Waals surface area contributed by atoms with Crippen LogP contribution >= 0.6 is 0 Å². The molecule has 0 saturated carbocycles. The van der Waals surface area contributed by atoms with Crippen molar-refractivity contribution in [2.45, 2.75) is 25.4 Å². The number of carbonyl (C=O) groups excluding carboxylic acids is 1. The van der Waals surface area contributed by atoms with Gasteiger partial charge in [0.25, 0.3) is 0 Å². The van der Waals surface area contributed by atoms with E-state index < -0.39 is 11.6 Å². The van der Waals surface area contributed by atoms with E-state index in [-0.39, 0.29) is 0 Å². The molecule has 0 heterocycles. The van der Waals surface area contributed by atoms with Crippen LogP contribution in [0.2, 0.25) is 0 Å². The average molecular weight is 282 g/mol. The van der Waals surface area contributed by atoms with Gasteiger partial charge in [-0.25, -0.2) is 4.79 Å². The minimum absolute atomic E-state index is 0.630. The van der Waals surface area contributed by atoms with Crippen molar-refractivity contribution < 1.29 is 14.6 Å². The lowest BCUT2D eigenvalue weighted by Crippen LogP contribution is -2.38. The van der Waals surface area contributed by atoms with Crippen molar-refractivity contribution in [2.24, 2.45) is 0 Å². The molecule has 0 radical (unpaired) electrons. The fourth-order valence-electron chi connectivity index (χ4n) is 3.10. The number of rotatable bonds is 2. The van der Waals surface area contributed by atoms with Crippen LogP contribution in [0.15, 0.2) is 42.5 Å². The zero-order valence-corrected chi connectivity index (χ0v) is 12.2. The lowest BCUT2D eigenvalue weighted by molar-refractivity contribution is -0.154. The minimum atomic E-state index is -1.62. The van der Waals surface area contributed by atoms with Crippen molar-refractivity contribution in [2.75, 3.05) is 7.11 Å². The Balaban J connectivity index is 2.19. The van der Waals surface area contributed by atoms with Gasteiger partial charge in [0.2, 0.25) is 0 Å². The summed E-state index contributed by atoms with van der Waals surface area (Å²) < 4.78 is 4.74. The fourth-order valence-corrected chi connectivity index (χ4v) is 3.10. The van der Waals surface area contributed by atoms with Crippen LogP contribution in [0, 0.1) is 0 Å². The van der Waals surface area contributed by atoms with Gasteiger partial charge in [-0.1, -0.05) is 42.5 Å². The Morgan fingerprint density at radius 3 is 2.76 bits per heavy atom. The van der Waals surface area contributed by atoms with Crippen LogP contribution in [0.5, 0.6) is 0 Å². The van der Waals surface area contributed by atoms with E-state index in [1.807, 2.05) is 30.3 Å². The summed E-state index contributed by atoms with van der Waals surface area (Å²) in [5.41, 5.74) is 1.15. The van der Waals surface area contributed by atoms with Crippen LogP contribution in [-0.4, -0.2) is 23.8 Å². The number of carbonyl (C=O) groups is 1. The van der Waals surface area contributed by atoms with Crippen molar-refractivity contribution in [3.63, 3.8) is 0 Å². The number of fused-ring (bicyclic) bond motifs is 3. The lowest BCUT2D eigenvalue weighted by atomic mass is 9.80. The molecular weight excluding hydrogens is 264 g/mol. The van der Waals surface area contributed by atoms with E-state index in [9.17, 15) is 9.90 Å². The molecule has 3 heteroatoms. The Morgan fingerprint density at radius 1 is 1.24 bits per heavy atom. The van der Waals surface area contributed by atoms with Crippen molar-refractivity contribution in [1.82, 2.24) is 0 Å². The summed E-state index contributed by atoms with van der Waals surface area (Å²) in [5.74, 6) is -0.630. The summed E-state index contributed by atoms with van der Waals surface area (Å²) in [6.07, 6.45) is 3.66. The van der Waals surface area contributed by atoms with Crippen molar-refractivity contribution in [1.29, 1.82) is 0 Å². The third-order valence-electron chi connectivity index (χ3n) is 4.18. The van der Waals surface area contributed by atoms with Crippen LogP contribution in [0.25, 0.3) is 16.3 Å². The largest absolute Gasteiger partial charge is 0.467 e. The molecule has 2 aromatic rings. The standard InChI is InChI=1S/C18H18O3/c1-18(20,17(19)21-2)16-9-5-8-14-13-7-4-3-6-12(13)10-11-15(14)16/h3-4,6-7,9-11,20H,5,8H2,1-2H3. The molecule has 1 unspecified atom stereocenters. The highest BCUT2D eigenvalue weighted by atomic mass is 16.5. The zero-order chi connectivity index (χ0) is 15.0. The van der Waals surface area contributed by atoms with Gasteiger partial charge in [0, 0.05) is 0 Å². The molecule has 0 fully saturated rings. The first-order valence-corrected chi connectivity index (χ1v) is 7.08. The first kappa shape index (κ1) is 13.8. The van der Waals surface area contributed by atoms with Crippen LogP contribution in [-0.2, 0) is 16.0 Å². The van der Waals surface area contributed by atoms with Crippen LogP contribution in [0.4, 0.5) is 0 Å². The van der Waals surface area contributed by atoms with Gasteiger partial charge < -0.3 is 9.84 Å². The molecule has 21 heavy (non-hydrogen) atoms. The first-order valence-electron chi connectivity index (χ1n) is 7.08. The van der Waals surface area contributed by atoms with E-state index in [0.717, 1.165) is 18.4 Å². The smallest absolute Gasteiger partial charge is 0.342 e. The van der Waals surface area contributed by atoms with Gasteiger partial charge in [0.1, 0.15) is 0 Å². The van der Waals surface area contributed by atoms with Gasteiger partial charge in [-0.15, -0.1) is 0 Å². The van der Waals surface area contributed by atoms with Gasteiger partial charge in [-0.3, -0.25) is 0 Å². The normalized spacial score (nSPS) is 16.8. The molecule has 108 valence electrons. The molecule has 2 aromatic carbocycles. The topological polar surface area (TPSA) is 46.5 Å². The van der Waals surface area contributed by atoms with E-state index in [1.54, 1.807) is 0 Å². The summed E-state index contributed by atoms with van der Waals surface area (Å²) in [7, 11) is 1.29. The maximum Gasteiger partial charge on any atom is 0.342 e. The number of hydrogen-bond acceptors (Lipinski definition) is 3. The molecule has 1 atom stereocenters. The summed E-state index contributed by atoms with van der Waals surface area (Å²) in [6, 6.07) is 12.2. The van der Waals surface area contributed by atoms with Gasteiger partial charge in [0.15, 0.2) is 5.60 Å². The maximum absolute atomic E-state index is 11.9. The highest BCUT2D eigenvalue weighted by Crippen LogP contribution is 2.38. The SMILES string of the molecule is COC(=O)C(C)(O)C1=CCCc2c1ccc1ccccc21. The molecule has 3 nitrogen and oxygen atoms in total. The Labute approximate surface area is 123 Å². The molecule has 0 aromatic heterocycles. The van der Waals surface area contributed by atoms with Gasteiger partial charge in [-0.2, -0.15) is 0 Å². The van der Waals surface area contributed by atoms with Crippen molar-refractivity contribution in [3.8, 4) is 0 Å². The van der Waals surface area contributed by atoms with Gasteiger partial charge in [0.05, 0.1) is 7.11 Å². The molecule has 1 aliphatic carbocycles. The summed E-state index contributed by atoms with van der Waals surface area (Å²) in [5, 5.41) is 12.9. The first-order chi connectivity index (χ1) is 10.1. The Morgan fingerprint density at radius 2 is 2.00 bits per heavy atom. The molecule has 0 bridgehead atoms. The van der Waals surface area contributed by atoms with E-state index in [0.29, 0.717) is 5.57 Å². The second-order valence-corrected chi connectivity index (χ2v) is 5.53. The maximum atomic E-state index is 11.9. The second kappa shape index (κ2) is 5.01. The van der Waals surface area contributed by atoms with Crippen LogP contribution in [0.3, 0.4) is 0 Å². The highest BCUT2D eigenvalue weighted by molar-refractivity contribution is 6.00. The number of hydrogen-bond donors (Lipinski definition) is 1. The lowest BCUT2D eigenvalue weighted by Gasteiger charge is -2.29. The minimum Gasteiger partial charge on any atom is -0.467 e.